The van der Waals surface area contributed by atoms with Gasteiger partial charge in [-0.05, 0) is 49.2 Å². The number of hydrogen-bond donors (Lipinski definition) is 4. The Morgan fingerprint density at radius 1 is 1.18 bits per heavy atom. The molecule has 2 aromatic carbocycles. The highest BCUT2D eigenvalue weighted by molar-refractivity contribution is 5.94. The number of carbonyl (C=O) groups is 3. The molecule has 0 radical (unpaired) electrons. The number of nitrogens with one attached hydrogen (secondary N) is 3. The zero-order valence-electron chi connectivity index (χ0n) is 22.0. The van der Waals surface area contributed by atoms with E-state index in [4.69, 9.17) is 4.74 Å². The molecule has 202 valence electrons. The topological polar surface area (TPSA) is 120 Å². The molecular weight excluding hydrogens is 484 g/mol. The van der Waals surface area contributed by atoms with Gasteiger partial charge in [-0.25, -0.2) is 0 Å². The van der Waals surface area contributed by atoms with Crippen LogP contribution in [0, 0.1) is 5.92 Å². The summed E-state index contributed by atoms with van der Waals surface area (Å²) in [5.41, 5.74) is 1.46. The minimum Gasteiger partial charge on any atom is -0.507 e. The van der Waals surface area contributed by atoms with E-state index in [-0.39, 0.29) is 23.5 Å². The molecule has 1 fully saturated rings. The third-order valence-corrected chi connectivity index (χ3v) is 7.39. The predicted octanol–water partition coefficient (Wildman–Crippen LogP) is 2.20. The first-order valence-electron chi connectivity index (χ1n) is 13.1. The highest BCUT2D eigenvalue weighted by Crippen LogP contribution is 2.30. The molecule has 4 N–H and O–H groups in total. The smallest absolute Gasteiger partial charge is 0.247 e. The number of hydrogen-bond acceptors (Lipinski definition) is 6. The Morgan fingerprint density at radius 2 is 1.95 bits per heavy atom. The summed E-state index contributed by atoms with van der Waals surface area (Å²) in [5, 5.41) is 19.0. The van der Waals surface area contributed by atoms with E-state index in [9.17, 15) is 19.5 Å². The second-order valence-corrected chi connectivity index (χ2v) is 9.89. The van der Waals surface area contributed by atoms with Crippen molar-refractivity contribution in [3.63, 3.8) is 0 Å². The van der Waals surface area contributed by atoms with Crippen molar-refractivity contribution >= 4 is 23.8 Å². The van der Waals surface area contributed by atoms with Crippen molar-refractivity contribution < 1.29 is 24.2 Å². The van der Waals surface area contributed by atoms with Crippen LogP contribution in [0.1, 0.15) is 37.8 Å². The number of ether oxygens (including phenoxy) is 1. The van der Waals surface area contributed by atoms with Crippen LogP contribution in [0.15, 0.2) is 54.7 Å². The second kappa shape index (κ2) is 12.1. The molecule has 9 nitrogen and oxygen atoms in total. The zero-order valence-corrected chi connectivity index (χ0v) is 22.0. The molecule has 2 aromatic rings. The summed E-state index contributed by atoms with van der Waals surface area (Å²) in [6.45, 7) is 4.17. The molecule has 2 bridgehead atoms. The summed E-state index contributed by atoms with van der Waals surface area (Å²) < 4.78 is 6.25. The molecule has 2 heterocycles. The molecule has 3 amide bonds. The molecule has 0 saturated carbocycles. The maximum Gasteiger partial charge on any atom is 0.247 e. The number of nitrogens with zero attached hydrogens (tertiary/aromatic N) is 1. The molecule has 2 aliphatic heterocycles. The fourth-order valence-electron chi connectivity index (χ4n) is 4.97. The van der Waals surface area contributed by atoms with Gasteiger partial charge in [0, 0.05) is 24.7 Å². The van der Waals surface area contributed by atoms with E-state index in [1.54, 1.807) is 30.2 Å². The van der Waals surface area contributed by atoms with Gasteiger partial charge in [0.15, 0.2) is 0 Å². The third-order valence-electron chi connectivity index (χ3n) is 7.39. The first-order valence-corrected chi connectivity index (χ1v) is 13.1. The highest BCUT2D eigenvalue weighted by Gasteiger charge is 2.46. The van der Waals surface area contributed by atoms with Crippen molar-refractivity contribution in [3.05, 3.63) is 65.9 Å². The lowest BCUT2D eigenvalue weighted by molar-refractivity contribution is -0.142. The van der Waals surface area contributed by atoms with E-state index in [1.165, 1.54) is 12.3 Å². The monoisotopic (exact) mass is 520 g/mol. The molecule has 0 spiro atoms. The van der Waals surface area contributed by atoms with E-state index in [2.05, 4.69) is 16.0 Å². The van der Waals surface area contributed by atoms with Crippen molar-refractivity contribution in [1.82, 2.24) is 20.9 Å². The number of likely N-dealkylation sites (tertiary alicyclic amines) is 1. The standard InChI is InChI=1S/C29H36N4O5/c1-4-18(2)25-27(35)31-14-12-20-17-21(10-11-23(20)34)38-24-13-15-33(26(24)28(36)32-25)29(37)22(30-3)16-19-8-6-5-7-9-19/h5-12,14,17-18,22,24-26,30,34H,4,13,15-16H2,1-3H3,(H,31,35)(H,32,36)/b14-12+/t18?,22-,24?,25-,26-/m0/s1. The summed E-state index contributed by atoms with van der Waals surface area (Å²) in [7, 11) is 1.73. The molecule has 0 aliphatic carbocycles. The van der Waals surface area contributed by atoms with Gasteiger partial charge in [-0.2, -0.15) is 0 Å². The fraction of sp³-hybridized carbons (Fsp3) is 0.414. The van der Waals surface area contributed by atoms with Crippen LogP contribution in [0.2, 0.25) is 0 Å². The van der Waals surface area contributed by atoms with Crippen molar-refractivity contribution in [2.24, 2.45) is 5.92 Å². The van der Waals surface area contributed by atoms with Crippen molar-refractivity contribution in [2.75, 3.05) is 13.6 Å². The molecule has 4 rings (SSSR count). The normalized spacial score (nSPS) is 23.9. The number of phenols is 1. The van der Waals surface area contributed by atoms with E-state index < -0.39 is 30.1 Å². The molecule has 2 aliphatic rings. The van der Waals surface area contributed by atoms with Crippen LogP contribution in [-0.2, 0) is 20.8 Å². The lowest BCUT2D eigenvalue weighted by atomic mass is 9.97. The van der Waals surface area contributed by atoms with Crippen LogP contribution in [0.4, 0.5) is 0 Å². The van der Waals surface area contributed by atoms with Crippen LogP contribution >= 0.6 is 0 Å². The number of fused-ring (bicyclic) bond motifs is 3. The number of amides is 3. The van der Waals surface area contributed by atoms with E-state index in [0.29, 0.717) is 37.1 Å². The molecule has 5 atom stereocenters. The number of rotatable bonds is 6. The Balaban J connectivity index is 1.68. The quantitative estimate of drug-likeness (QED) is 0.464. The van der Waals surface area contributed by atoms with Gasteiger partial charge in [-0.15, -0.1) is 0 Å². The Hall–Kier alpha value is -3.85. The van der Waals surface area contributed by atoms with Crippen molar-refractivity contribution in [2.45, 2.75) is 57.3 Å². The van der Waals surface area contributed by atoms with E-state index >= 15 is 0 Å². The Bertz CT molecular complexity index is 1180. The number of phenolic OH excluding ortho intramolecular Hbond substituents is 1. The van der Waals surface area contributed by atoms with Gasteiger partial charge in [0.05, 0.1) is 6.04 Å². The highest BCUT2D eigenvalue weighted by atomic mass is 16.5. The van der Waals surface area contributed by atoms with E-state index in [1.807, 2.05) is 44.2 Å². The first kappa shape index (κ1) is 27.2. The van der Waals surface area contributed by atoms with Gasteiger partial charge < -0.3 is 30.7 Å². The summed E-state index contributed by atoms with van der Waals surface area (Å²) in [6.07, 6.45) is 3.97. The summed E-state index contributed by atoms with van der Waals surface area (Å²) >= 11 is 0. The third kappa shape index (κ3) is 5.99. The first-order chi connectivity index (χ1) is 18.3. The van der Waals surface area contributed by atoms with Gasteiger partial charge in [0.25, 0.3) is 0 Å². The predicted molar refractivity (Wildman–Crippen MR) is 144 cm³/mol. The number of likely N-dealkylation sites (N-methyl/N-ethyl adjacent to an activating group) is 1. The summed E-state index contributed by atoms with van der Waals surface area (Å²) in [4.78, 5) is 42.2. The van der Waals surface area contributed by atoms with Crippen LogP contribution in [0.25, 0.3) is 6.08 Å². The molecule has 2 unspecified atom stereocenters. The SMILES string of the molecule is CCC(C)[C@@H]1NC(=O)[C@@H]2C(CCN2C(=O)[C@H](Cc2ccccc2)NC)Oc2ccc(O)c(c2)/C=C/NC1=O. The minimum atomic E-state index is -0.931. The van der Waals surface area contributed by atoms with Gasteiger partial charge >= 0.3 is 0 Å². The van der Waals surface area contributed by atoms with Gasteiger partial charge in [-0.3, -0.25) is 14.4 Å². The molecular formula is C29H36N4O5. The fourth-order valence-corrected chi connectivity index (χ4v) is 4.97. The minimum absolute atomic E-state index is 0.0305. The number of carbonyl (C=O) groups excluding carboxylic acids is 3. The Labute approximate surface area is 223 Å². The maximum absolute atomic E-state index is 13.8. The lowest BCUT2D eigenvalue weighted by Crippen LogP contribution is -2.59. The Kier molecular flexibility index (Phi) is 8.68. The van der Waals surface area contributed by atoms with Crippen molar-refractivity contribution in [1.29, 1.82) is 0 Å². The van der Waals surface area contributed by atoms with Crippen LogP contribution in [0.3, 0.4) is 0 Å². The molecule has 9 heteroatoms. The molecule has 38 heavy (non-hydrogen) atoms. The maximum atomic E-state index is 13.8. The average Bonchev–Trinajstić information content (AvgIpc) is 3.34. The largest absolute Gasteiger partial charge is 0.507 e. The zero-order chi connectivity index (χ0) is 27.2. The summed E-state index contributed by atoms with van der Waals surface area (Å²) in [5.74, 6) is -0.673. The number of benzene rings is 2. The average molecular weight is 521 g/mol. The Morgan fingerprint density at radius 3 is 2.66 bits per heavy atom. The van der Waals surface area contributed by atoms with Gasteiger partial charge in [0.1, 0.15) is 29.7 Å². The molecule has 0 aromatic heterocycles. The van der Waals surface area contributed by atoms with Gasteiger partial charge in [0.2, 0.25) is 17.7 Å². The van der Waals surface area contributed by atoms with Crippen LogP contribution in [-0.4, -0.2) is 65.5 Å². The molecule has 1 saturated heterocycles. The second-order valence-electron chi connectivity index (χ2n) is 9.89. The van der Waals surface area contributed by atoms with Crippen molar-refractivity contribution in [3.8, 4) is 11.5 Å². The van der Waals surface area contributed by atoms with Crippen LogP contribution < -0.4 is 20.7 Å². The van der Waals surface area contributed by atoms with Gasteiger partial charge in [-0.1, -0.05) is 50.6 Å². The van der Waals surface area contributed by atoms with E-state index in [0.717, 1.165) is 5.56 Å². The number of aromatic hydroxyl groups is 1. The lowest BCUT2D eigenvalue weighted by Gasteiger charge is -2.32. The van der Waals surface area contributed by atoms with Crippen LogP contribution in [0.5, 0.6) is 11.5 Å². The summed E-state index contributed by atoms with van der Waals surface area (Å²) in [6, 6.07) is 12.2.